The zero-order valence-electron chi connectivity index (χ0n) is 17.3. The molecule has 0 aromatic rings. The lowest BCUT2D eigenvalue weighted by Gasteiger charge is -2.55. The Morgan fingerprint density at radius 2 is 1.48 bits per heavy atom. The van der Waals surface area contributed by atoms with E-state index in [-0.39, 0.29) is 25.5 Å². The summed E-state index contributed by atoms with van der Waals surface area (Å²) in [5.74, 6) is -2.00. The van der Waals surface area contributed by atoms with Gasteiger partial charge >= 0.3 is 11.9 Å². The Hall–Kier alpha value is -2.12. The van der Waals surface area contributed by atoms with Crippen LogP contribution in [0.25, 0.3) is 0 Å². The van der Waals surface area contributed by atoms with E-state index in [4.69, 9.17) is 15.2 Å². The Balaban J connectivity index is 1.77. The van der Waals surface area contributed by atoms with E-state index < -0.39 is 35.2 Å². The number of hydrogen-bond acceptors (Lipinski definition) is 6. The molecule has 0 aliphatic heterocycles. The van der Waals surface area contributed by atoms with Crippen LogP contribution in [0.15, 0.2) is 0 Å². The number of carbonyl (C=O) groups excluding carboxylic acids is 4. The van der Waals surface area contributed by atoms with E-state index in [1.165, 1.54) is 19.3 Å². The molecule has 4 aliphatic carbocycles. The summed E-state index contributed by atoms with van der Waals surface area (Å²) in [6.07, 6.45) is 5.62. The highest BCUT2D eigenvalue weighted by Crippen LogP contribution is 2.60. The number of esters is 2. The monoisotopic (exact) mass is 408 g/mol. The van der Waals surface area contributed by atoms with Gasteiger partial charge in [-0.2, -0.15) is 0 Å². The summed E-state index contributed by atoms with van der Waals surface area (Å²) in [4.78, 5) is 50.0. The van der Waals surface area contributed by atoms with E-state index in [0.29, 0.717) is 17.8 Å². The lowest BCUT2D eigenvalue weighted by Crippen LogP contribution is -2.59. The minimum Gasteiger partial charge on any atom is -0.466 e. The van der Waals surface area contributed by atoms with Crippen LogP contribution >= 0.6 is 0 Å². The molecular formula is C21H32N2O6. The summed E-state index contributed by atoms with van der Waals surface area (Å²) in [7, 11) is 0. The number of amides is 2. The van der Waals surface area contributed by atoms with Crippen LogP contribution in [-0.2, 0) is 28.7 Å². The number of ether oxygens (including phenoxy) is 2. The molecule has 0 saturated heterocycles. The molecule has 29 heavy (non-hydrogen) atoms. The largest absolute Gasteiger partial charge is 0.466 e. The predicted molar refractivity (Wildman–Crippen MR) is 103 cm³/mol. The molecule has 4 fully saturated rings. The summed E-state index contributed by atoms with van der Waals surface area (Å²) < 4.78 is 9.96. The average molecular weight is 408 g/mol. The molecular weight excluding hydrogens is 376 g/mol. The van der Waals surface area contributed by atoms with Gasteiger partial charge in [-0.3, -0.25) is 19.2 Å². The Labute approximate surface area is 171 Å². The van der Waals surface area contributed by atoms with Gasteiger partial charge in [0.1, 0.15) is 6.04 Å². The van der Waals surface area contributed by atoms with Crippen molar-refractivity contribution in [3.63, 3.8) is 0 Å². The molecule has 0 heterocycles. The van der Waals surface area contributed by atoms with E-state index in [0.717, 1.165) is 19.3 Å². The highest BCUT2D eigenvalue weighted by atomic mass is 16.5. The maximum Gasteiger partial charge on any atom is 0.312 e. The fourth-order valence-electron chi connectivity index (χ4n) is 6.04. The topological polar surface area (TPSA) is 125 Å². The van der Waals surface area contributed by atoms with Crippen LogP contribution in [-0.4, -0.2) is 43.0 Å². The lowest BCUT2D eigenvalue weighted by molar-refractivity contribution is -0.159. The molecule has 4 rings (SSSR count). The van der Waals surface area contributed by atoms with Crippen LogP contribution in [0, 0.1) is 29.1 Å². The number of rotatable bonds is 9. The summed E-state index contributed by atoms with van der Waals surface area (Å²) >= 11 is 0. The van der Waals surface area contributed by atoms with Gasteiger partial charge in [-0.15, -0.1) is 0 Å². The second-order valence-electron chi connectivity index (χ2n) is 8.92. The zero-order chi connectivity index (χ0) is 21.2. The molecule has 4 bridgehead atoms. The first-order chi connectivity index (χ1) is 13.8. The van der Waals surface area contributed by atoms with Gasteiger partial charge in [0, 0.05) is 5.41 Å². The van der Waals surface area contributed by atoms with Gasteiger partial charge in [0.2, 0.25) is 11.8 Å². The van der Waals surface area contributed by atoms with Crippen LogP contribution in [0.4, 0.5) is 0 Å². The van der Waals surface area contributed by atoms with Crippen LogP contribution < -0.4 is 11.1 Å². The molecule has 8 heteroatoms. The molecule has 4 saturated carbocycles. The molecule has 3 N–H and O–H groups in total. The number of hydrogen-bond donors (Lipinski definition) is 2. The van der Waals surface area contributed by atoms with Crippen molar-refractivity contribution >= 4 is 23.8 Å². The van der Waals surface area contributed by atoms with E-state index in [1.54, 1.807) is 13.8 Å². The highest BCUT2D eigenvalue weighted by Gasteiger charge is 2.55. The summed E-state index contributed by atoms with van der Waals surface area (Å²) in [5, 5.41) is 2.74. The van der Waals surface area contributed by atoms with Crippen molar-refractivity contribution in [2.24, 2.45) is 34.8 Å². The molecule has 0 radical (unpaired) electrons. The van der Waals surface area contributed by atoms with Crippen molar-refractivity contribution in [3.8, 4) is 0 Å². The quantitative estimate of drug-likeness (QED) is 0.554. The van der Waals surface area contributed by atoms with Gasteiger partial charge in [0.15, 0.2) is 0 Å². The minimum atomic E-state index is -1.31. The minimum absolute atomic E-state index is 0.0898. The number of primary amides is 1. The highest BCUT2D eigenvalue weighted by molar-refractivity contribution is 5.94. The van der Waals surface area contributed by atoms with Crippen molar-refractivity contribution in [2.75, 3.05) is 13.2 Å². The van der Waals surface area contributed by atoms with Crippen molar-refractivity contribution in [1.29, 1.82) is 0 Å². The average Bonchev–Trinajstić information content (AvgIpc) is 2.63. The maximum atomic E-state index is 13.3. The molecule has 2 atom stereocenters. The first-order valence-electron chi connectivity index (χ1n) is 10.7. The molecule has 0 spiro atoms. The third-order valence-corrected chi connectivity index (χ3v) is 6.80. The fraction of sp³-hybridized carbons (Fsp3) is 0.810. The predicted octanol–water partition coefficient (Wildman–Crippen LogP) is 1.31. The molecule has 162 valence electrons. The fourth-order valence-corrected chi connectivity index (χ4v) is 6.04. The van der Waals surface area contributed by atoms with E-state index in [2.05, 4.69) is 5.32 Å². The number of nitrogens with two attached hydrogens (primary N) is 1. The SMILES string of the molecule is CCOC(=O)C[C@@H](C(=O)OCC)[C@@H](NC(=O)C12CC3CC(CC(C3)C1)C2)C(N)=O. The van der Waals surface area contributed by atoms with Crippen LogP contribution in [0.3, 0.4) is 0 Å². The second-order valence-corrected chi connectivity index (χ2v) is 8.92. The van der Waals surface area contributed by atoms with Crippen molar-refractivity contribution in [2.45, 2.75) is 64.8 Å². The molecule has 0 unspecified atom stereocenters. The van der Waals surface area contributed by atoms with Gasteiger partial charge in [-0.1, -0.05) is 0 Å². The van der Waals surface area contributed by atoms with Crippen molar-refractivity contribution < 1.29 is 28.7 Å². The van der Waals surface area contributed by atoms with Crippen LogP contribution in [0.5, 0.6) is 0 Å². The van der Waals surface area contributed by atoms with E-state index >= 15 is 0 Å². The van der Waals surface area contributed by atoms with E-state index in [9.17, 15) is 19.2 Å². The summed E-state index contributed by atoms with van der Waals surface area (Å²) in [5.41, 5.74) is 5.05. The normalized spacial score (nSPS) is 31.6. The third-order valence-electron chi connectivity index (χ3n) is 6.80. The van der Waals surface area contributed by atoms with Gasteiger partial charge in [-0.05, 0) is 70.1 Å². The molecule has 0 aromatic heterocycles. The first kappa shape index (κ1) is 21.6. The van der Waals surface area contributed by atoms with Crippen molar-refractivity contribution in [3.05, 3.63) is 0 Å². The maximum absolute atomic E-state index is 13.3. The summed E-state index contributed by atoms with van der Waals surface area (Å²) in [6.45, 7) is 3.52. The lowest BCUT2D eigenvalue weighted by atomic mass is 9.49. The Morgan fingerprint density at radius 1 is 0.966 bits per heavy atom. The van der Waals surface area contributed by atoms with Crippen LogP contribution in [0.1, 0.15) is 58.8 Å². The van der Waals surface area contributed by atoms with Crippen LogP contribution in [0.2, 0.25) is 0 Å². The molecule has 2 amide bonds. The van der Waals surface area contributed by atoms with Gasteiger partial charge in [-0.25, -0.2) is 0 Å². The van der Waals surface area contributed by atoms with Gasteiger partial charge in [0.25, 0.3) is 0 Å². The molecule has 8 nitrogen and oxygen atoms in total. The van der Waals surface area contributed by atoms with Crippen molar-refractivity contribution in [1.82, 2.24) is 5.32 Å². The standard InChI is InChI=1S/C21H32N2O6/c1-3-28-16(24)8-15(19(26)29-4-2)17(18(22)25)23-20(27)21-9-12-5-13(10-21)7-14(6-12)11-21/h12-15,17H,3-11H2,1-2H3,(H2,22,25)(H,23,27)/t12?,13?,14?,15-,17-,21?/m1/s1. The Bertz CT molecular complexity index is 641. The second kappa shape index (κ2) is 8.71. The third kappa shape index (κ3) is 4.56. The number of carbonyl (C=O) groups is 4. The van der Waals surface area contributed by atoms with Gasteiger partial charge in [0.05, 0.1) is 25.6 Å². The first-order valence-corrected chi connectivity index (χ1v) is 10.7. The Kier molecular flexibility index (Phi) is 6.49. The zero-order valence-corrected chi connectivity index (χ0v) is 17.3. The van der Waals surface area contributed by atoms with E-state index in [1.807, 2.05) is 0 Å². The van der Waals surface area contributed by atoms with Gasteiger partial charge < -0.3 is 20.5 Å². The Morgan fingerprint density at radius 3 is 1.93 bits per heavy atom. The summed E-state index contributed by atoms with van der Waals surface area (Å²) in [6, 6.07) is -1.31. The molecule has 0 aromatic carbocycles. The smallest absolute Gasteiger partial charge is 0.312 e. The number of nitrogens with one attached hydrogen (secondary N) is 1. The molecule has 4 aliphatic rings.